The molecule has 0 unspecified atom stereocenters. The normalized spacial score (nSPS) is 14.5. The topological polar surface area (TPSA) is 51.0 Å². The summed E-state index contributed by atoms with van der Waals surface area (Å²) < 4.78 is 1.86. The number of benzene rings is 2. The minimum absolute atomic E-state index is 0.0818. The number of hydrogen-bond donors (Lipinski definition) is 0. The van der Waals surface area contributed by atoms with E-state index in [-0.39, 0.29) is 11.9 Å². The molecule has 5 heteroatoms. The largest absolute Gasteiger partial charge is 0.334 e. The number of aromatic nitrogens is 3. The summed E-state index contributed by atoms with van der Waals surface area (Å²) in [4.78, 5) is 14.3. The van der Waals surface area contributed by atoms with Gasteiger partial charge in [-0.3, -0.25) is 4.79 Å². The lowest BCUT2D eigenvalue weighted by Crippen LogP contribution is -2.50. The Hall–Kier alpha value is -2.95. The average Bonchev–Trinajstić information content (AvgIpc) is 3.04. The van der Waals surface area contributed by atoms with Crippen molar-refractivity contribution in [3.8, 4) is 11.3 Å². The van der Waals surface area contributed by atoms with E-state index in [1.165, 1.54) is 0 Å². The Bertz CT molecular complexity index is 866. The molecule has 0 bridgehead atoms. The molecule has 2 aromatic carbocycles. The SMILES string of the molecule is Cc1cccc(C(=O)N2CC(n3cc(-c4ccccc4)nn3)C2)c1. The van der Waals surface area contributed by atoms with E-state index in [9.17, 15) is 4.79 Å². The fourth-order valence-electron chi connectivity index (χ4n) is 2.95. The Balaban J connectivity index is 1.43. The van der Waals surface area contributed by atoms with Crippen molar-refractivity contribution in [2.75, 3.05) is 13.1 Å². The van der Waals surface area contributed by atoms with Crippen molar-refractivity contribution < 1.29 is 4.79 Å². The summed E-state index contributed by atoms with van der Waals surface area (Å²) in [6.07, 6.45) is 1.95. The van der Waals surface area contributed by atoms with Gasteiger partial charge in [-0.25, -0.2) is 4.68 Å². The molecule has 1 saturated heterocycles. The number of nitrogens with zero attached hydrogens (tertiary/aromatic N) is 4. The number of carbonyl (C=O) groups is 1. The molecule has 1 amide bonds. The molecule has 1 aromatic heterocycles. The van der Waals surface area contributed by atoms with Crippen LogP contribution in [0.5, 0.6) is 0 Å². The smallest absolute Gasteiger partial charge is 0.254 e. The first-order chi connectivity index (χ1) is 11.7. The first-order valence-electron chi connectivity index (χ1n) is 8.04. The van der Waals surface area contributed by atoms with Crippen molar-refractivity contribution in [1.82, 2.24) is 19.9 Å². The molecular formula is C19H18N4O. The summed E-state index contributed by atoms with van der Waals surface area (Å²) in [7, 11) is 0. The zero-order valence-corrected chi connectivity index (χ0v) is 13.5. The summed E-state index contributed by atoms with van der Waals surface area (Å²) in [5.41, 5.74) is 3.76. The third kappa shape index (κ3) is 2.69. The monoisotopic (exact) mass is 318 g/mol. The van der Waals surface area contributed by atoms with Crippen LogP contribution < -0.4 is 0 Å². The maximum absolute atomic E-state index is 12.5. The van der Waals surface area contributed by atoms with Crippen molar-refractivity contribution in [1.29, 1.82) is 0 Å². The van der Waals surface area contributed by atoms with E-state index < -0.39 is 0 Å². The van der Waals surface area contributed by atoms with Gasteiger partial charge in [-0.1, -0.05) is 53.2 Å². The molecule has 1 fully saturated rings. The van der Waals surface area contributed by atoms with Crippen LogP contribution in [-0.2, 0) is 0 Å². The first kappa shape index (κ1) is 14.6. The fourth-order valence-corrected chi connectivity index (χ4v) is 2.95. The molecule has 0 aliphatic carbocycles. The van der Waals surface area contributed by atoms with Crippen LogP contribution in [0.1, 0.15) is 22.0 Å². The van der Waals surface area contributed by atoms with Crippen LogP contribution >= 0.6 is 0 Å². The molecule has 1 aliphatic heterocycles. The van der Waals surface area contributed by atoms with Crippen molar-refractivity contribution in [2.45, 2.75) is 13.0 Å². The van der Waals surface area contributed by atoms with Gasteiger partial charge in [0.1, 0.15) is 5.69 Å². The van der Waals surface area contributed by atoms with Gasteiger partial charge in [0.05, 0.1) is 12.2 Å². The van der Waals surface area contributed by atoms with E-state index in [4.69, 9.17) is 0 Å². The molecule has 3 aromatic rings. The van der Waals surface area contributed by atoms with Gasteiger partial charge in [0.2, 0.25) is 0 Å². The number of likely N-dealkylation sites (tertiary alicyclic amines) is 1. The van der Waals surface area contributed by atoms with Gasteiger partial charge in [-0.15, -0.1) is 5.10 Å². The molecule has 2 heterocycles. The summed E-state index contributed by atoms with van der Waals surface area (Å²) in [6, 6.07) is 17.9. The third-order valence-corrected chi connectivity index (χ3v) is 4.37. The van der Waals surface area contributed by atoms with Gasteiger partial charge in [0.15, 0.2) is 0 Å². The highest BCUT2D eigenvalue weighted by Gasteiger charge is 2.33. The van der Waals surface area contributed by atoms with Crippen LogP contribution in [0.15, 0.2) is 60.8 Å². The first-order valence-corrected chi connectivity index (χ1v) is 8.04. The average molecular weight is 318 g/mol. The van der Waals surface area contributed by atoms with Gasteiger partial charge >= 0.3 is 0 Å². The molecule has 0 radical (unpaired) electrons. The maximum Gasteiger partial charge on any atom is 0.254 e. The van der Waals surface area contributed by atoms with Crippen LogP contribution in [0.25, 0.3) is 11.3 Å². The Labute approximate surface area is 140 Å². The second kappa shape index (κ2) is 5.92. The highest BCUT2D eigenvalue weighted by molar-refractivity contribution is 5.94. The Morgan fingerprint density at radius 1 is 1.08 bits per heavy atom. The molecule has 120 valence electrons. The molecule has 5 nitrogen and oxygen atoms in total. The van der Waals surface area contributed by atoms with E-state index in [0.717, 1.165) is 22.4 Å². The van der Waals surface area contributed by atoms with E-state index in [1.54, 1.807) is 0 Å². The van der Waals surface area contributed by atoms with Crippen molar-refractivity contribution in [3.63, 3.8) is 0 Å². The lowest BCUT2D eigenvalue weighted by Gasteiger charge is -2.38. The zero-order valence-electron chi connectivity index (χ0n) is 13.5. The quantitative estimate of drug-likeness (QED) is 0.746. The zero-order chi connectivity index (χ0) is 16.5. The highest BCUT2D eigenvalue weighted by Crippen LogP contribution is 2.24. The summed E-state index contributed by atoms with van der Waals surface area (Å²) >= 11 is 0. The van der Waals surface area contributed by atoms with Crippen molar-refractivity contribution >= 4 is 5.91 Å². The van der Waals surface area contributed by atoms with Crippen LogP contribution in [0, 0.1) is 6.92 Å². The van der Waals surface area contributed by atoms with Crippen molar-refractivity contribution in [2.24, 2.45) is 0 Å². The molecule has 1 aliphatic rings. The molecule has 0 atom stereocenters. The van der Waals surface area contributed by atoms with E-state index in [2.05, 4.69) is 10.3 Å². The summed E-state index contributed by atoms with van der Waals surface area (Å²) in [5, 5.41) is 8.46. The number of aryl methyl sites for hydroxylation is 1. The van der Waals surface area contributed by atoms with Gasteiger partial charge in [0.25, 0.3) is 5.91 Å². The second-order valence-corrected chi connectivity index (χ2v) is 6.18. The molecule has 0 saturated carbocycles. The fraction of sp³-hybridized carbons (Fsp3) is 0.211. The van der Waals surface area contributed by atoms with Crippen LogP contribution in [-0.4, -0.2) is 38.9 Å². The standard InChI is InChI=1S/C19H18N4O/c1-14-6-5-9-16(10-14)19(24)22-11-17(12-22)23-13-18(20-21-23)15-7-3-2-4-8-15/h2-10,13,17H,11-12H2,1H3. The van der Waals surface area contributed by atoms with Gasteiger partial charge in [0, 0.05) is 24.2 Å². The second-order valence-electron chi connectivity index (χ2n) is 6.18. The van der Waals surface area contributed by atoms with Gasteiger partial charge < -0.3 is 4.90 Å². The van der Waals surface area contributed by atoms with Gasteiger partial charge in [-0.2, -0.15) is 0 Å². The summed E-state index contributed by atoms with van der Waals surface area (Å²) in [5.74, 6) is 0.0818. The Kier molecular flexibility index (Phi) is 3.61. The molecule has 24 heavy (non-hydrogen) atoms. The Morgan fingerprint density at radius 2 is 1.88 bits per heavy atom. The molecular weight excluding hydrogens is 300 g/mol. The molecule has 0 N–H and O–H groups in total. The van der Waals surface area contributed by atoms with Crippen molar-refractivity contribution in [3.05, 3.63) is 71.9 Å². The predicted octanol–water partition coefficient (Wildman–Crippen LogP) is 2.95. The summed E-state index contributed by atoms with van der Waals surface area (Å²) in [6.45, 7) is 3.34. The highest BCUT2D eigenvalue weighted by atomic mass is 16.2. The number of carbonyl (C=O) groups excluding carboxylic acids is 1. The lowest BCUT2D eigenvalue weighted by atomic mass is 10.1. The van der Waals surface area contributed by atoms with Crippen LogP contribution in [0.4, 0.5) is 0 Å². The van der Waals surface area contributed by atoms with Crippen LogP contribution in [0.3, 0.4) is 0 Å². The molecule has 4 rings (SSSR count). The maximum atomic E-state index is 12.5. The third-order valence-electron chi connectivity index (χ3n) is 4.37. The van der Waals surface area contributed by atoms with E-state index in [1.807, 2.05) is 77.3 Å². The minimum atomic E-state index is 0.0818. The lowest BCUT2D eigenvalue weighted by molar-refractivity contribution is 0.0498. The number of amides is 1. The molecule has 0 spiro atoms. The van der Waals surface area contributed by atoms with Gasteiger partial charge in [-0.05, 0) is 19.1 Å². The van der Waals surface area contributed by atoms with Crippen LogP contribution in [0.2, 0.25) is 0 Å². The number of rotatable bonds is 3. The Morgan fingerprint density at radius 3 is 2.62 bits per heavy atom. The minimum Gasteiger partial charge on any atom is -0.334 e. The predicted molar refractivity (Wildman–Crippen MR) is 91.6 cm³/mol. The van der Waals surface area contributed by atoms with E-state index >= 15 is 0 Å². The van der Waals surface area contributed by atoms with E-state index in [0.29, 0.717) is 13.1 Å². The number of hydrogen-bond acceptors (Lipinski definition) is 3.